The first-order chi connectivity index (χ1) is 33.6. The van der Waals surface area contributed by atoms with Crippen LogP contribution in [0, 0.1) is 23.7 Å². The van der Waals surface area contributed by atoms with Gasteiger partial charge in [0.1, 0.15) is 30.0 Å². The van der Waals surface area contributed by atoms with Crippen LogP contribution in [0.5, 0.6) is 5.75 Å². The molecule has 3 aromatic carbocycles. The number of ether oxygens (including phenoxy) is 3. The monoisotopic (exact) mass is 1020 g/mol. The number of aromatic nitrogens is 1. The average Bonchev–Trinajstić information content (AvgIpc) is 3.99. The third-order valence-corrected chi connectivity index (χ3v) is 13.3. The summed E-state index contributed by atoms with van der Waals surface area (Å²) in [5, 5.41) is 25.4. The first-order valence-electron chi connectivity index (χ1n) is 23.0. The molecule has 0 unspecified atom stereocenters. The third-order valence-electron chi connectivity index (χ3n) is 11.9. The van der Waals surface area contributed by atoms with E-state index in [0.717, 1.165) is 38.7 Å². The minimum atomic E-state index is -4.80. The van der Waals surface area contributed by atoms with Crippen molar-refractivity contribution in [2.75, 3.05) is 49.4 Å². The normalized spacial score (nSPS) is 17.5. The number of thiocarbonyl (C=S) groups is 1. The molecule has 71 heavy (non-hydrogen) atoms. The van der Waals surface area contributed by atoms with Crippen molar-refractivity contribution in [3.8, 4) is 22.3 Å². The van der Waals surface area contributed by atoms with Crippen molar-refractivity contribution in [2.24, 2.45) is 5.41 Å². The molecule has 2 aliphatic rings. The Morgan fingerprint density at radius 3 is 2.30 bits per heavy atom. The van der Waals surface area contributed by atoms with Crippen LogP contribution in [0.3, 0.4) is 0 Å². The summed E-state index contributed by atoms with van der Waals surface area (Å²) in [7, 11) is 0. The molecule has 1 aromatic heterocycles. The number of nitrogens with zero attached hydrogens (tertiary/aromatic N) is 5. The Morgan fingerprint density at radius 1 is 1.00 bits per heavy atom. The number of hydrogen-bond donors (Lipinski definition) is 3. The summed E-state index contributed by atoms with van der Waals surface area (Å²) in [6.45, 7) is 11.8. The molecule has 0 radical (unpaired) electrons. The third kappa shape index (κ3) is 13.4. The van der Waals surface area contributed by atoms with E-state index < -0.39 is 70.1 Å². The summed E-state index contributed by atoms with van der Waals surface area (Å²) in [5.74, 6) is -1.32. The zero-order chi connectivity index (χ0) is 51.7. The fourth-order valence-electron chi connectivity index (χ4n) is 8.14. The molecule has 2 saturated heterocycles. The zero-order valence-corrected chi connectivity index (χ0v) is 42.0. The van der Waals surface area contributed by atoms with Gasteiger partial charge in [0, 0.05) is 31.8 Å². The van der Waals surface area contributed by atoms with Crippen molar-refractivity contribution in [3.63, 3.8) is 0 Å². The lowest BCUT2D eigenvalue weighted by molar-refractivity contribution is -0.144. The molecule has 0 saturated carbocycles. The van der Waals surface area contributed by atoms with Gasteiger partial charge in [0.05, 0.1) is 64.9 Å². The summed E-state index contributed by atoms with van der Waals surface area (Å²) < 4.78 is 58.2. The number of unbranched alkanes of at least 4 members (excludes halogenated alkanes) is 1. The molecule has 3 heterocycles. The highest BCUT2D eigenvalue weighted by atomic mass is 32.1. The molecule has 2 aliphatic heterocycles. The number of nitrogens with one attached hydrogen (secondary N) is 2. The van der Waals surface area contributed by atoms with Crippen LogP contribution in [0.25, 0.3) is 10.4 Å². The Balaban J connectivity index is 0.867. The summed E-state index contributed by atoms with van der Waals surface area (Å²) in [4.78, 5) is 63.2. The number of aliphatic hydroxyl groups excluding tert-OH is 1. The van der Waals surface area contributed by atoms with Gasteiger partial charge in [-0.3, -0.25) is 24.1 Å². The molecular weight excluding hydrogens is 960 g/mol. The predicted octanol–water partition coefficient (Wildman–Crippen LogP) is 7.48. The standard InChI is InChI=1S/C51H58F3N7O8S2/c1-32-43(71-31-57-32)34-13-11-33(12-14-34)28-56-45(64)41-26-38(62)29-59(41)46(65)44(49(2,3)4)58-42(63)30-68-23-8-7-21-67-22-9-10-24-69-39-19-17-36(18-20-39)61-48(70)60(47(66)50(61,5)6)37-16-15-35(27-55)40(25-37)51(52,53)54/h7-8,11-20,25,31,38,41,44,62H,9-10,21-24,26,28-30H2,1-6H3,(H,56,64)(H,58,63)/b8-7-/t38-,41+,44-/m1/s1. The van der Waals surface area contributed by atoms with Crippen LogP contribution in [0.4, 0.5) is 24.5 Å². The first kappa shape index (κ1) is 54.1. The van der Waals surface area contributed by atoms with Crippen LogP contribution in [0.2, 0.25) is 0 Å². The van der Waals surface area contributed by atoms with E-state index >= 15 is 0 Å². The van der Waals surface area contributed by atoms with Gasteiger partial charge in [0.15, 0.2) is 5.11 Å². The Labute approximate surface area is 420 Å². The largest absolute Gasteiger partial charge is 0.494 e. The van der Waals surface area contributed by atoms with Crippen LogP contribution in [0.15, 0.2) is 84.4 Å². The number of carbonyl (C=O) groups is 4. The number of rotatable bonds is 20. The van der Waals surface area contributed by atoms with E-state index in [2.05, 4.69) is 15.6 Å². The molecule has 3 N–H and O–H groups in total. The van der Waals surface area contributed by atoms with Crippen molar-refractivity contribution in [1.29, 1.82) is 5.26 Å². The number of aliphatic hydroxyl groups is 1. The summed E-state index contributed by atoms with van der Waals surface area (Å²) in [6, 6.07) is 17.4. The van der Waals surface area contributed by atoms with Gasteiger partial charge in [-0.25, -0.2) is 4.98 Å². The molecule has 15 nitrogen and oxygen atoms in total. The number of carbonyl (C=O) groups excluding carboxylic acids is 4. The van der Waals surface area contributed by atoms with Gasteiger partial charge in [-0.15, -0.1) is 11.3 Å². The van der Waals surface area contributed by atoms with Crippen LogP contribution < -0.4 is 25.2 Å². The topological polar surface area (TPSA) is 187 Å². The maximum Gasteiger partial charge on any atom is 0.417 e. The number of nitriles is 1. The molecule has 378 valence electrons. The van der Waals surface area contributed by atoms with Gasteiger partial charge in [-0.05, 0) is 105 Å². The number of benzene rings is 3. The fourth-order valence-corrected chi connectivity index (χ4v) is 9.47. The SMILES string of the molecule is Cc1ncsc1-c1ccc(CNC(=O)[C@@H]2C[C@@H](O)CN2C(=O)[C@@H](NC(=O)COC/C=C\COCCCCOc2ccc(N3C(=S)N(c4ccc(C#N)c(C(F)(F)F)c4)C(=O)C3(C)C)cc2)C(C)(C)C)cc1. The van der Waals surface area contributed by atoms with Crippen molar-refractivity contribution in [2.45, 2.75) is 97.3 Å². The molecule has 0 aliphatic carbocycles. The van der Waals surface area contributed by atoms with E-state index in [1.807, 2.05) is 52.0 Å². The van der Waals surface area contributed by atoms with Gasteiger partial charge in [0.25, 0.3) is 5.91 Å². The van der Waals surface area contributed by atoms with E-state index in [4.69, 9.17) is 26.4 Å². The summed E-state index contributed by atoms with van der Waals surface area (Å²) >= 11 is 7.18. The highest BCUT2D eigenvalue weighted by Gasteiger charge is 2.51. The quantitative estimate of drug-likeness (QED) is 0.0451. The van der Waals surface area contributed by atoms with E-state index in [-0.39, 0.29) is 43.5 Å². The van der Waals surface area contributed by atoms with Crippen LogP contribution in [0.1, 0.15) is 76.3 Å². The van der Waals surface area contributed by atoms with Crippen LogP contribution in [-0.4, -0.2) is 107 Å². The first-order valence-corrected chi connectivity index (χ1v) is 24.3. The molecule has 0 bridgehead atoms. The maximum absolute atomic E-state index is 13.9. The second-order valence-electron chi connectivity index (χ2n) is 18.7. The summed E-state index contributed by atoms with van der Waals surface area (Å²) in [5.41, 5.74) is 1.45. The minimum Gasteiger partial charge on any atom is -0.494 e. The van der Waals surface area contributed by atoms with Crippen molar-refractivity contribution in [3.05, 3.63) is 107 Å². The molecule has 20 heteroatoms. The fraction of sp³-hybridized carbons (Fsp3) is 0.431. The van der Waals surface area contributed by atoms with Gasteiger partial charge < -0.3 is 39.8 Å². The number of thiazole rings is 1. The minimum absolute atomic E-state index is 0.00620. The average molecular weight is 1020 g/mol. The van der Waals surface area contributed by atoms with E-state index in [9.17, 15) is 42.7 Å². The number of amides is 4. The number of likely N-dealkylation sites (tertiary alicyclic amines) is 1. The lowest BCUT2D eigenvalue weighted by Gasteiger charge is -2.35. The number of hydrogen-bond acceptors (Lipinski definition) is 12. The van der Waals surface area contributed by atoms with Crippen molar-refractivity contribution in [1.82, 2.24) is 20.5 Å². The molecule has 6 rings (SSSR count). The highest BCUT2D eigenvalue weighted by Crippen LogP contribution is 2.40. The second-order valence-corrected chi connectivity index (χ2v) is 19.9. The lowest BCUT2D eigenvalue weighted by atomic mass is 9.85. The van der Waals surface area contributed by atoms with Gasteiger partial charge in [0.2, 0.25) is 17.7 Å². The van der Waals surface area contributed by atoms with Gasteiger partial charge in [-0.2, -0.15) is 18.4 Å². The molecular formula is C51H58F3N7O8S2. The van der Waals surface area contributed by atoms with Gasteiger partial charge >= 0.3 is 6.18 Å². The number of halogens is 3. The Kier molecular flexibility index (Phi) is 17.8. The Morgan fingerprint density at radius 2 is 1.66 bits per heavy atom. The Hall–Kier alpha value is -6.24. The molecule has 3 atom stereocenters. The van der Waals surface area contributed by atoms with E-state index in [1.54, 1.807) is 78.1 Å². The number of aryl methyl sites for hydroxylation is 1. The van der Waals surface area contributed by atoms with E-state index in [1.165, 1.54) is 11.0 Å². The molecule has 2 fully saturated rings. The van der Waals surface area contributed by atoms with Crippen molar-refractivity contribution >= 4 is 63.7 Å². The number of β-amino-alcohol motifs (C(OH)–C–C–N with tert-alkyl or cyclic N) is 1. The lowest BCUT2D eigenvalue weighted by Crippen LogP contribution is -2.58. The summed E-state index contributed by atoms with van der Waals surface area (Å²) in [6.07, 6.45) is -0.729. The number of anilines is 2. The van der Waals surface area contributed by atoms with E-state index in [0.29, 0.717) is 44.1 Å². The molecule has 4 amide bonds. The number of alkyl halides is 3. The maximum atomic E-state index is 13.9. The smallest absolute Gasteiger partial charge is 0.417 e. The second kappa shape index (κ2) is 23.3. The van der Waals surface area contributed by atoms with Gasteiger partial charge in [-0.1, -0.05) is 57.2 Å². The predicted molar refractivity (Wildman–Crippen MR) is 266 cm³/mol. The highest BCUT2D eigenvalue weighted by molar-refractivity contribution is 7.81. The van der Waals surface area contributed by atoms with Crippen LogP contribution >= 0.6 is 23.6 Å². The van der Waals surface area contributed by atoms with Crippen molar-refractivity contribution < 1.29 is 51.7 Å². The Bertz CT molecular complexity index is 2630. The molecule has 4 aromatic rings. The molecule has 0 spiro atoms. The zero-order valence-electron chi connectivity index (χ0n) is 40.4. The van der Waals surface area contributed by atoms with Crippen LogP contribution in [-0.2, 0) is 41.4 Å².